The third kappa shape index (κ3) is 5.40. The van der Waals surface area contributed by atoms with Gasteiger partial charge in [0.1, 0.15) is 17.5 Å². The average molecular weight is 471 g/mol. The van der Waals surface area contributed by atoms with Crippen LogP contribution in [-0.4, -0.2) is 66.2 Å². The summed E-state index contributed by atoms with van der Waals surface area (Å²) < 4.78 is 13.6. The summed E-state index contributed by atoms with van der Waals surface area (Å²) in [6.07, 6.45) is 1.03. The predicted molar refractivity (Wildman–Crippen MR) is 126 cm³/mol. The van der Waals surface area contributed by atoms with Gasteiger partial charge in [-0.2, -0.15) is 0 Å². The number of hydrogen-bond donors (Lipinski definition) is 0. The lowest BCUT2D eigenvalue weighted by Crippen LogP contribution is -2.41. The second kappa shape index (κ2) is 10.1. The average Bonchev–Trinajstić information content (AvgIpc) is 3.24. The monoisotopic (exact) mass is 470 g/mol. The Hall–Kier alpha value is -3.23. The standard InChI is InChI=1S/C24H27ClN4O4/c1-27(2)24(30)33-28-14-12-19(13-15-28)32-23-16-21(17-8-10-18(25)11-9-17)29(26-23)20-6-4-5-7-22(20)31-3/h4-11,16,19H,12-15H2,1-3H3. The molecule has 3 aromatic rings. The zero-order valence-electron chi connectivity index (χ0n) is 18.9. The largest absolute Gasteiger partial charge is 0.494 e. The molecule has 1 amide bonds. The molecule has 0 N–H and O–H groups in total. The first-order chi connectivity index (χ1) is 15.9. The highest BCUT2D eigenvalue weighted by molar-refractivity contribution is 6.30. The van der Waals surface area contributed by atoms with Gasteiger partial charge < -0.3 is 19.2 Å². The van der Waals surface area contributed by atoms with Crippen molar-refractivity contribution < 1.29 is 19.1 Å². The fourth-order valence-electron chi connectivity index (χ4n) is 3.64. The van der Waals surface area contributed by atoms with E-state index in [0.717, 1.165) is 29.8 Å². The van der Waals surface area contributed by atoms with Gasteiger partial charge in [0, 0.05) is 56.7 Å². The molecule has 1 aliphatic rings. The van der Waals surface area contributed by atoms with Crippen LogP contribution < -0.4 is 9.47 Å². The van der Waals surface area contributed by atoms with Crippen LogP contribution in [0.2, 0.25) is 5.02 Å². The fourth-order valence-corrected chi connectivity index (χ4v) is 3.76. The molecule has 1 aromatic heterocycles. The van der Waals surface area contributed by atoms with Gasteiger partial charge in [-0.3, -0.25) is 0 Å². The lowest BCUT2D eigenvalue weighted by Gasteiger charge is -2.30. The van der Waals surface area contributed by atoms with Gasteiger partial charge in [0.05, 0.1) is 12.8 Å². The second-order valence-corrected chi connectivity index (χ2v) is 8.39. The topological polar surface area (TPSA) is 69.1 Å². The summed E-state index contributed by atoms with van der Waals surface area (Å²) >= 11 is 6.09. The number of amides is 1. The Labute approximate surface area is 198 Å². The number of carbonyl (C=O) groups is 1. The van der Waals surface area contributed by atoms with Crippen molar-refractivity contribution >= 4 is 17.7 Å². The molecule has 0 atom stereocenters. The Bertz CT molecular complexity index is 1090. The van der Waals surface area contributed by atoms with Gasteiger partial charge >= 0.3 is 6.09 Å². The summed E-state index contributed by atoms with van der Waals surface area (Å²) in [5, 5.41) is 7.09. The second-order valence-electron chi connectivity index (χ2n) is 7.96. The van der Waals surface area contributed by atoms with Crippen LogP contribution in [0.5, 0.6) is 11.6 Å². The number of methoxy groups -OCH3 is 1. The molecule has 1 fully saturated rings. The number of carbonyl (C=O) groups excluding carboxylic acids is 1. The highest BCUT2D eigenvalue weighted by Crippen LogP contribution is 2.32. The van der Waals surface area contributed by atoms with Crippen molar-refractivity contribution in [2.24, 2.45) is 0 Å². The van der Waals surface area contributed by atoms with Gasteiger partial charge in [-0.1, -0.05) is 35.9 Å². The maximum absolute atomic E-state index is 11.8. The number of halogens is 1. The van der Waals surface area contributed by atoms with E-state index in [1.54, 1.807) is 26.3 Å². The van der Waals surface area contributed by atoms with Gasteiger partial charge in [0.2, 0.25) is 5.88 Å². The lowest BCUT2D eigenvalue weighted by molar-refractivity contribution is -0.131. The SMILES string of the molecule is COc1ccccc1-n1nc(OC2CCN(OC(=O)N(C)C)CC2)cc1-c1ccc(Cl)cc1. The van der Waals surface area contributed by atoms with Crippen LogP contribution in [0.3, 0.4) is 0 Å². The molecule has 1 aliphatic heterocycles. The van der Waals surface area contributed by atoms with E-state index in [4.69, 9.17) is 31.0 Å². The Morgan fingerprint density at radius 3 is 2.45 bits per heavy atom. The molecule has 8 nitrogen and oxygen atoms in total. The number of piperidine rings is 1. The van der Waals surface area contributed by atoms with E-state index in [1.165, 1.54) is 4.90 Å². The van der Waals surface area contributed by atoms with E-state index in [0.29, 0.717) is 29.7 Å². The number of ether oxygens (including phenoxy) is 2. The maximum atomic E-state index is 11.8. The smallest absolute Gasteiger partial charge is 0.428 e. The van der Waals surface area contributed by atoms with Crippen LogP contribution in [0.4, 0.5) is 4.79 Å². The van der Waals surface area contributed by atoms with E-state index in [2.05, 4.69) is 0 Å². The third-order valence-corrected chi connectivity index (χ3v) is 5.65. The number of nitrogens with zero attached hydrogens (tertiary/aromatic N) is 4. The number of rotatable bonds is 6. The number of hydrogen-bond acceptors (Lipinski definition) is 6. The van der Waals surface area contributed by atoms with Crippen LogP contribution >= 0.6 is 11.6 Å². The minimum Gasteiger partial charge on any atom is -0.494 e. The zero-order valence-corrected chi connectivity index (χ0v) is 19.7. The number of benzene rings is 2. The molecule has 2 heterocycles. The Morgan fingerprint density at radius 2 is 1.79 bits per heavy atom. The quantitative estimate of drug-likeness (QED) is 0.522. The molecule has 1 saturated heterocycles. The third-order valence-electron chi connectivity index (χ3n) is 5.40. The molecule has 0 unspecified atom stereocenters. The molecule has 4 rings (SSSR count). The summed E-state index contributed by atoms with van der Waals surface area (Å²) in [5.74, 6) is 1.23. The van der Waals surface area contributed by atoms with Crippen molar-refractivity contribution in [3.05, 3.63) is 59.6 Å². The van der Waals surface area contributed by atoms with Crippen molar-refractivity contribution in [2.75, 3.05) is 34.3 Å². The summed E-state index contributed by atoms with van der Waals surface area (Å²) in [6.45, 7) is 1.20. The first-order valence-electron chi connectivity index (χ1n) is 10.7. The number of aromatic nitrogens is 2. The van der Waals surface area contributed by atoms with Gasteiger partial charge in [-0.15, -0.1) is 10.2 Å². The predicted octanol–water partition coefficient (Wildman–Crippen LogP) is 4.66. The molecule has 9 heteroatoms. The van der Waals surface area contributed by atoms with E-state index in [1.807, 2.05) is 59.3 Å². The molecule has 33 heavy (non-hydrogen) atoms. The highest BCUT2D eigenvalue weighted by atomic mass is 35.5. The highest BCUT2D eigenvalue weighted by Gasteiger charge is 2.25. The minimum atomic E-state index is -0.377. The molecule has 0 aliphatic carbocycles. The summed E-state index contributed by atoms with van der Waals surface area (Å²) in [7, 11) is 4.96. The van der Waals surface area contributed by atoms with E-state index in [-0.39, 0.29) is 12.2 Å². The van der Waals surface area contributed by atoms with Crippen LogP contribution in [0.1, 0.15) is 12.8 Å². The first kappa shape index (κ1) is 22.9. The first-order valence-corrected chi connectivity index (χ1v) is 11.1. The normalized spacial score (nSPS) is 14.7. The van der Waals surface area contributed by atoms with Gasteiger partial charge in [0.25, 0.3) is 0 Å². The van der Waals surface area contributed by atoms with Crippen LogP contribution in [-0.2, 0) is 4.84 Å². The van der Waals surface area contributed by atoms with E-state index in [9.17, 15) is 4.79 Å². The maximum Gasteiger partial charge on any atom is 0.428 e. The molecule has 0 radical (unpaired) electrons. The van der Waals surface area contributed by atoms with E-state index >= 15 is 0 Å². The Morgan fingerprint density at radius 1 is 1.09 bits per heavy atom. The van der Waals surface area contributed by atoms with Gasteiger partial charge in [0.15, 0.2) is 0 Å². The van der Waals surface area contributed by atoms with E-state index < -0.39 is 0 Å². The van der Waals surface area contributed by atoms with Crippen LogP contribution in [0.15, 0.2) is 54.6 Å². The summed E-state index contributed by atoms with van der Waals surface area (Å²) in [6, 6.07) is 17.2. The van der Waals surface area contributed by atoms with Crippen molar-refractivity contribution in [3.63, 3.8) is 0 Å². The van der Waals surface area contributed by atoms with Crippen molar-refractivity contribution in [1.82, 2.24) is 19.7 Å². The molecule has 0 saturated carbocycles. The lowest BCUT2D eigenvalue weighted by atomic mass is 10.1. The fraction of sp³-hybridized carbons (Fsp3) is 0.333. The Kier molecular flexibility index (Phi) is 7.05. The van der Waals surface area contributed by atoms with Crippen molar-refractivity contribution in [3.8, 4) is 28.6 Å². The minimum absolute atomic E-state index is 0.0293. The number of hydroxylamine groups is 2. The van der Waals surface area contributed by atoms with Crippen molar-refractivity contribution in [2.45, 2.75) is 18.9 Å². The van der Waals surface area contributed by atoms with Gasteiger partial charge in [-0.25, -0.2) is 9.48 Å². The van der Waals surface area contributed by atoms with Crippen LogP contribution in [0.25, 0.3) is 16.9 Å². The van der Waals surface area contributed by atoms with Crippen molar-refractivity contribution in [1.29, 1.82) is 0 Å². The molecular formula is C24H27ClN4O4. The molecule has 174 valence electrons. The number of para-hydroxylation sites is 2. The molecule has 0 spiro atoms. The molecule has 2 aromatic carbocycles. The molecule has 0 bridgehead atoms. The summed E-state index contributed by atoms with van der Waals surface area (Å²) in [5.41, 5.74) is 2.63. The van der Waals surface area contributed by atoms with Gasteiger partial charge in [-0.05, 0) is 24.3 Å². The molecular weight excluding hydrogens is 444 g/mol. The zero-order chi connectivity index (χ0) is 23.4. The Balaban J connectivity index is 1.55. The summed E-state index contributed by atoms with van der Waals surface area (Å²) in [4.78, 5) is 18.5. The van der Waals surface area contributed by atoms with Crippen LogP contribution in [0, 0.1) is 0 Å².